The highest BCUT2D eigenvalue weighted by atomic mass is 19.1. The van der Waals surface area contributed by atoms with Crippen LogP contribution in [0.2, 0.25) is 0 Å². The minimum atomic E-state index is -0.613. The number of para-hydroxylation sites is 1. The van der Waals surface area contributed by atoms with Crippen LogP contribution >= 0.6 is 0 Å². The Labute approximate surface area is 151 Å². The number of benzene rings is 2. The highest BCUT2D eigenvalue weighted by molar-refractivity contribution is 6.09. The van der Waals surface area contributed by atoms with Crippen molar-refractivity contribution in [2.45, 2.75) is 19.8 Å². The number of carbonyl (C=O) groups excluding carboxylic acids is 2. The van der Waals surface area contributed by atoms with Crippen molar-refractivity contribution in [2.24, 2.45) is 0 Å². The molecule has 2 amide bonds. The first kappa shape index (κ1) is 17.9. The van der Waals surface area contributed by atoms with E-state index in [1.165, 1.54) is 19.2 Å². The molecule has 0 atom stereocenters. The van der Waals surface area contributed by atoms with Crippen LogP contribution in [-0.2, 0) is 0 Å². The summed E-state index contributed by atoms with van der Waals surface area (Å²) < 4.78 is 18.7. The molecule has 0 aliphatic carbocycles. The zero-order valence-corrected chi connectivity index (χ0v) is 14.8. The van der Waals surface area contributed by atoms with Gasteiger partial charge in [-0.05, 0) is 49.6 Å². The Kier molecular flexibility index (Phi) is 5.21. The molecule has 1 aliphatic rings. The second kappa shape index (κ2) is 7.56. The van der Waals surface area contributed by atoms with Crippen LogP contribution in [0.1, 0.15) is 39.1 Å². The molecule has 0 spiro atoms. The topological polar surface area (TPSA) is 58.6 Å². The van der Waals surface area contributed by atoms with E-state index in [0.29, 0.717) is 11.3 Å². The van der Waals surface area contributed by atoms with Gasteiger partial charge in [-0.3, -0.25) is 9.59 Å². The van der Waals surface area contributed by atoms with Gasteiger partial charge in [-0.25, -0.2) is 4.39 Å². The van der Waals surface area contributed by atoms with Gasteiger partial charge in [0.25, 0.3) is 11.8 Å². The predicted octanol–water partition coefficient (Wildman–Crippen LogP) is 3.63. The summed E-state index contributed by atoms with van der Waals surface area (Å²) in [7, 11) is 1.36. The molecule has 1 heterocycles. The van der Waals surface area contributed by atoms with Crippen molar-refractivity contribution < 1.29 is 18.7 Å². The molecule has 1 saturated heterocycles. The van der Waals surface area contributed by atoms with E-state index in [0.717, 1.165) is 37.6 Å². The van der Waals surface area contributed by atoms with E-state index >= 15 is 0 Å². The summed E-state index contributed by atoms with van der Waals surface area (Å²) in [6, 6.07) is 9.33. The van der Waals surface area contributed by atoms with Crippen LogP contribution in [0.4, 0.5) is 10.1 Å². The predicted molar refractivity (Wildman–Crippen MR) is 97.2 cm³/mol. The number of nitrogens with zero attached hydrogens (tertiary/aromatic N) is 1. The molecule has 2 aromatic carbocycles. The summed E-state index contributed by atoms with van der Waals surface area (Å²) in [6.07, 6.45) is 1.98. The van der Waals surface area contributed by atoms with Gasteiger partial charge in [-0.1, -0.05) is 12.1 Å². The number of halogens is 1. The van der Waals surface area contributed by atoms with Crippen molar-refractivity contribution in [1.82, 2.24) is 4.90 Å². The van der Waals surface area contributed by atoms with E-state index in [-0.39, 0.29) is 17.2 Å². The van der Waals surface area contributed by atoms with E-state index in [4.69, 9.17) is 4.74 Å². The Balaban J connectivity index is 1.88. The fourth-order valence-corrected chi connectivity index (χ4v) is 3.10. The third-order valence-electron chi connectivity index (χ3n) is 4.55. The van der Waals surface area contributed by atoms with Crippen LogP contribution in [0.25, 0.3) is 0 Å². The van der Waals surface area contributed by atoms with E-state index in [1.807, 2.05) is 13.0 Å². The lowest BCUT2D eigenvalue weighted by molar-refractivity contribution is 0.0793. The van der Waals surface area contributed by atoms with Crippen molar-refractivity contribution >= 4 is 17.5 Å². The summed E-state index contributed by atoms with van der Waals surface area (Å²) in [4.78, 5) is 27.1. The number of anilines is 1. The molecule has 2 aromatic rings. The molecule has 1 aliphatic heterocycles. The maximum atomic E-state index is 13.9. The zero-order chi connectivity index (χ0) is 18.7. The van der Waals surface area contributed by atoms with Gasteiger partial charge in [-0.15, -0.1) is 0 Å². The maximum absolute atomic E-state index is 13.9. The molecule has 3 rings (SSSR count). The fourth-order valence-electron chi connectivity index (χ4n) is 3.10. The normalized spacial score (nSPS) is 13.6. The number of nitrogens with one attached hydrogen (secondary N) is 1. The monoisotopic (exact) mass is 356 g/mol. The van der Waals surface area contributed by atoms with E-state index in [2.05, 4.69) is 5.32 Å². The zero-order valence-electron chi connectivity index (χ0n) is 14.8. The summed E-state index contributed by atoms with van der Waals surface area (Å²) in [5, 5.41) is 2.77. The highest BCUT2D eigenvalue weighted by Gasteiger charge is 2.23. The van der Waals surface area contributed by atoms with Crippen LogP contribution in [-0.4, -0.2) is 36.9 Å². The minimum absolute atomic E-state index is 0.0716. The first-order chi connectivity index (χ1) is 12.5. The summed E-state index contributed by atoms with van der Waals surface area (Å²) in [6.45, 7) is 3.28. The van der Waals surface area contributed by atoms with Crippen LogP contribution in [0.15, 0.2) is 36.4 Å². The number of amides is 2. The van der Waals surface area contributed by atoms with Crippen molar-refractivity contribution in [3.8, 4) is 5.75 Å². The lowest BCUT2D eigenvalue weighted by Gasteiger charge is -2.19. The summed E-state index contributed by atoms with van der Waals surface area (Å²) in [5.41, 5.74) is 1.85. The first-order valence-electron chi connectivity index (χ1n) is 8.55. The SMILES string of the molecule is COc1ccc(C(=O)Nc2c(C)cccc2C(=O)N2CCCC2)cc1F. The largest absolute Gasteiger partial charge is 0.494 e. The molecule has 0 bridgehead atoms. The van der Waals surface area contributed by atoms with E-state index < -0.39 is 11.7 Å². The Bertz CT molecular complexity index is 845. The molecule has 0 unspecified atom stereocenters. The number of carbonyl (C=O) groups is 2. The second-order valence-electron chi connectivity index (χ2n) is 6.30. The molecule has 136 valence electrons. The Morgan fingerprint density at radius 1 is 1.15 bits per heavy atom. The summed E-state index contributed by atoms with van der Waals surface area (Å²) >= 11 is 0. The third kappa shape index (κ3) is 3.54. The van der Waals surface area contributed by atoms with Crippen LogP contribution in [0.5, 0.6) is 5.75 Å². The average molecular weight is 356 g/mol. The van der Waals surface area contributed by atoms with Crippen LogP contribution in [0.3, 0.4) is 0 Å². The van der Waals surface area contributed by atoms with Crippen molar-refractivity contribution in [2.75, 3.05) is 25.5 Å². The third-order valence-corrected chi connectivity index (χ3v) is 4.55. The Morgan fingerprint density at radius 2 is 1.88 bits per heavy atom. The van der Waals surface area contributed by atoms with Gasteiger partial charge < -0.3 is 15.0 Å². The number of aryl methyl sites for hydroxylation is 1. The number of hydrogen-bond acceptors (Lipinski definition) is 3. The number of rotatable bonds is 4. The molecular weight excluding hydrogens is 335 g/mol. The van der Waals surface area contributed by atoms with Crippen LogP contribution in [0, 0.1) is 12.7 Å². The molecule has 0 radical (unpaired) electrons. The Hall–Kier alpha value is -2.89. The molecule has 6 heteroatoms. The van der Waals surface area contributed by atoms with Gasteiger partial charge in [0.2, 0.25) is 0 Å². The van der Waals surface area contributed by atoms with Crippen molar-refractivity contribution in [3.63, 3.8) is 0 Å². The smallest absolute Gasteiger partial charge is 0.255 e. The number of ether oxygens (including phenoxy) is 1. The summed E-state index contributed by atoms with van der Waals surface area (Å²) in [5.74, 6) is -1.11. The molecule has 0 saturated carbocycles. The van der Waals surface area contributed by atoms with Gasteiger partial charge in [0.15, 0.2) is 11.6 Å². The number of methoxy groups -OCH3 is 1. The number of likely N-dealkylation sites (tertiary alicyclic amines) is 1. The van der Waals surface area contributed by atoms with E-state index in [1.54, 1.807) is 17.0 Å². The van der Waals surface area contributed by atoms with Crippen LogP contribution < -0.4 is 10.1 Å². The van der Waals surface area contributed by atoms with Crippen molar-refractivity contribution in [3.05, 3.63) is 58.9 Å². The minimum Gasteiger partial charge on any atom is -0.494 e. The van der Waals surface area contributed by atoms with Gasteiger partial charge in [0.05, 0.1) is 18.4 Å². The van der Waals surface area contributed by atoms with Gasteiger partial charge in [0.1, 0.15) is 0 Å². The molecule has 1 fully saturated rings. The standard InChI is InChI=1S/C20H21FN2O3/c1-13-6-5-7-15(20(25)23-10-3-4-11-23)18(13)22-19(24)14-8-9-17(26-2)16(21)12-14/h5-9,12H,3-4,10-11H2,1-2H3,(H,22,24). The van der Waals surface area contributed by atoms with Gasteiger partial charge in [0, 0.05) is 18.7 Å². The maximum Gasteiger partial charge on any atom is 0.255 e. The lowest BCUT2D eigenvalue weighted by Crippen LogP contribution is -2.29. The quantitative estimate of drug-likeness (QED) is 0.910. The fraction of sp³-hybridized carbons (Fsp3) is 0.300. The molecular formula is C20H21FN2O3. The van der Waals surface area contributed by atoms with Gasteiger partial charge >= 0.3 is 0 Å². The second-order valence-corrected chi connectivity index (χ2v) is 6.30. The highest BCUT2D eigenvalue weighted by Crippen LogP contribution is 2.25. The first-order valence-corrected chi connectivity index (χ1v) is 8.55. The van der Waals surface area contributed by atoms with Crippen molar-refractivity contribution in [1.29, 1.82) is 0 Å². The van der Waals surface area contributed by atoms with E-state index in [9.17, 15) is 14.0 Å². The molecule has 0 aromatic heterocycles. The lowest BCUT2D eigenvalue weighted by atomic mass is 10.1. The molecule has 1 N–H and O–H groups in total. The Morgan fingerprint density at radius 3 is 2.54 bits per heavy atom. The molecule has 26 heavy (non-hydrogen) atoms. The average Bonchev–Trinajstić information content (AvgIpc) is 3.17. The molecule has 5 nitrogen and oxygen atoms in total. The number of hydrogen-bond donors (Lipinski definition) is 1. The van der Waals surface area contributed by atoms with Gasteiger partial charge in [-0.2, -0.15) is 0 Å².